The summed E-state index contributed by atoms with van der Waals surface area (Å²) in [5.41, 5.74) is 0. The highest BCUT2D eigenvalue weighted by molar-refractivity contribution is 4.61. The van der Waals surface area contributed by atoms with E-state index in [0.29, 0.717) is 0 Å². The highest BCUT2D eigenvalue weighted by Gasteiger charge is 2.15. The first kappa shape index (κ1) is 21.6. The molecule has 3 unspecified atom stereocenters. The van der Waals surface area contributed by atoms with Gasteiger partial charge >= 0.3 is 0 Å². The Bertz CT molecular complexity index is 226. The lowest BCUT2D eigenvalue weighted by molar-refractivity contribution is -0.107. The number of methoxy groups -OCH3 is 1. The summed E-state index contributed by atoms with van der Waals surface area (Å²) in [5, 5.41) is 45.2. The normalized spacial score (nSPS) is 17.2. The molecule has 0 aliphatic carbocycles. The molecular formula is C13H28O9. The molecule has 0 aromatic heterocycles. The van der Waals surface area contributed by atoms with Crippen LogP contribution < -0.4 is 0 Å². The monoisotopic (exact) mass is 328 g/mol. The summed E-state index contributed by atoms with van der Waals surface area (Å²) < 4.78 is 20.6. The van der Waals surface area contributed by atoms with Gasteiger partial charge in [-0.2, -0.15) is 0 Å². The van der Waals surface area contributed by atoms with E-state index in [9.17, 15) is 15.3 Å². The summed E-state index contributed by atoms with van der Waals surface area (Å²) in [6.07, 6.45) is -3.28. The molecule has 0 heterocycles. The Morgan fingerprint density at radius 1 is 0.682 bits per heavy atom. The largest absolute Gasteiger partial charge is 0.394 e. The van der Waals surface area contributed by atoms with Crippen LogP contribution in [0.2, 0.25) is 0 Å². The molecule has 0 amide bonds. The van der Waals surface area contributed by atoms with Crippen molar-refractivity contribution >= 4 is 0 Å². The fourth-order valence-corrected chi connectivity index (χ4v) is 1.41. The molecule has 0 saturated carbocycles. The number of hydrogen-bond donors (Lipinski definition) is 5. The number of aliphatic hydroxyl groups is 5. The lowest BCUT2D eigenvalue weighted by Crippen LogP contribution is -2.33. The van der Waals surface area contributed by atoms with Crippen LogP contribution in [0.5, 0.6) is 0 Å². The standard InChI is InChI=1S/C13H28O9/c1-19-4-12(18)7-22-13(8-20-5-10(16)2-14)9-21-6-11(17)3-15/h10-18H,2-9H2,1H3. The number of ether oxygens (including phenoxy) is 4. The minimum atomic E-state index is -0.975. The van der Waals surface area contributed by atoms with E-state index in [2.05, 4.69) is 0 Å². The third-order valence-corrected chi connectivity index (χ3v) is 2.53. The van der Waals surface area contributed by atoms with Crippen molar-refractivity contribution in [2.24, 2.45) is 0 Å². The summed E-state index contributed by atoms with van der Waals surface area (Å²) >= 11 is 0. The van der Waals surface area contributed by atoms with Crippen LogP contribution in [0.3, 0.4) is 0 Å². The van der Waals surface area contributed by atoms with Crippen molar-refractivity contribution in [3.63, 3.8) is 0 Å². The molecule has 5 N–H and O–H groups in total. The van der Waals surface area contributed by atoms with Gasteiger partial charge in [0.15, 0.2) is 0 Å². The van der Waals surface area contributed by atoms with E-state index in [1.165, 1.54) is 7.11 Å². The van der Waals surface area contributed by atoms with Gasteiger partial charge in [0, 0.05) is 7.11 Å². The average molecular weight is 328 g/mol. The van der Waals surface area contributed by atoms with E-state index >= 15 is 0 Å². The summed E-state index contributed by atoms with van der Waals surface area (Å²) in [6, 6.07) is 0. The maximum absolute atomic E-state index is 9.52. The van der Waals surface area contributed by atoms with Crippen molar-refractivity contribution in [2.75, 3.05) is 60.0 Å². The zero-order chi connectivity index (χ0) is 16.8. The van der Waals surface area contributed by atoms with Gasteiger partial charge in [-0.15, -0.1) is 0 Å². The van der Waals surface area contributed by atoms with Gasteiger partial charge in [0.05, 0.1) is 52.9 Å². The van der Waals surface area contributed by atoms with Crippen LogP contribution in [-0.2, 0) is 18.9 Å². The molecule has 3 atom stereocenters. The highest BCUT2D eigenvalue weighted by Crippen LogP contribution is 2.00. The maximum Gasteiger partial charge on any atom is 0.104 e. The van der Waals surface area contributed by atoms with Crippen LogP contribution in [-0.4, -0.2) is 110 Å². The first-order valence-electron chi connectivity index (χ1n) is 7.05. The Labute approximate surface area is 130 Å². The van der Waals surface area contributed by atoms with E-state index in [1.807, 2.05) is 0 Å². The van der Waals surface area contributed by atoms with E-state index < -0.39 is 37.6 Å². The molecule has 22 heavy (non-hydrogen) atoms. The van der Waals surface area contributed by atoms with Gasteiger partial charge in [-0.1, -0.05) is 0 Å². The lowest BCUT2D eigenvalue weighted by Gasteiger charge is -2.21. The molecule has 0 rings (SSSR count). The van der Waals surface area contributed by atoms with Crippen molar-refractivity contribution < 1.29 is 44.5 Å². The molecule has 0 aromatic carbocycles. The van der Waals surface area contributed by atoms with E-state index in [-0.39, 0.29) is 39.6 Å². The summed E-state index contributed by atoms with van der Waals surface area (Å²) in [5.74, 6) is 0. The molecule has 0 radical (unpaired) electrons. The van der Waals surface area contributed by atoms with Crippen molar-refractivity contribution in [1.82, 2.24) is 0 Å². The van der Waals surface area contributed by atoms with Gasteiger partial charge in [0.1, 0.15) is 24.4 Å². The van der Waals surface area contributed by atoms with Crippen molar-refractivity contribution in [3.8, 4) is 0 Å². The molecular weight excluding hydrogens is 300 g/mol. The van der Waals surface area contributed by atoms with Crippen LogP contribution in [0.25, 0.3) is 0 Å². The van der Waals surface area contributed by atoms with Gasteiger partial charge < -0.3 is 44.5 Å². The van der Waals surface area contributed by atoms with Gasteiger partial charge in [-0.25, -0.2) is 0 Å². The summed E-state index contributed by atoms with van der Waals surface area (Å²) in [6.45, 7) is -0.643. The summed E-state index contributed by atoms with van der Waals surface area (Å²) in [7, 11) is 1.46. The number of hydrogen-bond acceptors (Lipinski definition) is 9. The Kier molecular flexibility index (Phi) is 14.0. The topological polar surface area (TPSA) is 138 Å². The molecule has 0 aromatic rings. The minimum Gasteiger partial charge on any atom is -0.394 e. The van der Waals surface area contributed by atoms with Crippen LogP contribution in [0.1, 0.15) is 0 Å². The Morgan fingerprint density at radius 2 is 1.18 bits per heavy atom. The predicted molar refractivity (Wildman–Crippen MR) is 75.4 cm³/mol. The average Bonchev–Trinajstić information content (AvgIpc) is 2.51. The Balaban J connectivity index is 4.06. The smallest absolute Gasteiger partial charge is 0.104 e. The molecule has 0 aliphatic rings. The molecule has 134 valence electrons. The number of rotatable bonds is 15. The molecule has 0 fully saturated rings. The molecule has 9 heteroatoms. The van der Waals surface area contributed by atoms with Crippen LogP contribution in [0, 0.1) is 0 Å². The Morgan fingerprint density at radius 3 is 1.59 bits per heavy atom. The van der Waals surface area contributed by atoms with Crippen LogP contribution >= 0.6 is 0 Å². The summed E-state index contributed by atoms with van der Waals surface area (Å²) in [4.78, 5) is 0. The van der Waals surface area contributed by atoms with Gasteiger partial charge in [0.2, 0.25) is 0 Å². The Hall–Kier alpha value is -0.360. The third-order valence-electron chi connectivity index (χ3n) is 2.53. The molecule has 0 saturated heterocycles. The maximum atomic E-state index is 9.52. The fourth-order valence-electron chi connectivity index (χ4n) is 1.41. The predicted octanol–water partition coefficient (Wildman–Crippen LogP) is -2.88. The SMILES string of the molecule is COCC(O)COC(COCC(O)CO)COCC(O)CO. The van der Waals surface area contributed by atoms with Crippen molar-refractivity contribution in [1.29, 1.82) is 0 Å². The van der Waals surface area contributed by atoms with Gasteiger partial charge in [-0.3, -0.25) is 0 Å². The second-order valence-corrected chi connectivity index (χ2v) is 4.81. The fraction of sp³-hybridized carbons (Fsp3) is 1.00. The van der Waals surface area contributed by atoms with Gasteiger partial charge in [0.25, 0.3) is 0 Å². The first-order chi connectivity index (χ1) is 10.5. The minimum absolute atomic E-state index is 0.0103. The zero-order valence-electron chi connectivity index (χ0n) is 12.8. The lowest BCUT2D eigenvalue weighted by atomic mass is 10.3. The van der Waals surface area contributed by atoms with E-state index in [0.717, 1.165) is 0 Å². The molecule has 0 spiro atoms. The second kappa shape index (κ2) is 14.2. The van der Waals surface area contributed by atoms with Crippen molar-refractivity contribution in [2.45, 2.75) is 24.4 Å². The number of aliphatic hydroxyl groups excluding tert-OH is 5. The van der Waals surface area contributed by atoms with Crippen LogP contribution in [0.15, 0.2) is 0 Å². The first-order valence-corrected chi connectivity index (χ1v) is 7.05. The zero-order valence-corrected chi connectivity index (χ0v) is 12.8. The van der Waals surface area contributed by atoms with Crippen molar-refractivity contribution in [3.05, 3.63) is 0 Å². The molecule has 0 bridgehead atoms. The highest BCUT2D eigenvalue weighted by atomic mass is 16.6. The van der Waals surface area contributed by atoms with Gasteiger partial charge in [-0.05, 0) is 0 Å². The van der Waals surface area contributed by atoms with E-state index in [1.54, 1.807) is 0 Å². The van der Waals surface area contributed by atoms with Crippen LogP contribution in [0.4, 0.5) is 0 Å². The molecule has 9 nitrogen and oxygen atoms in total. The second-order valence-electron chi connectivity index (χ2n) is 4.81. The van der Waals surface area contributed by atoms with E-state index in [4.69, 9.17) is 29.2 Å². The quantitative estimate of drug-likeness (QED) is 0.214. The third kappa shape index (κ3) is 12.2. The molecule has 0 aliphatic heterocycles.